The van der Waals surface area contributed by atoms with E-state index in [1.165, 1.54) is 5.56 Å². The topological polar surface area (TPSA) is 55.3 Å². The van der Waals surface area contributed by atoms with Gasteiger partial charge in [-0.25, -0.2) is 0 Å². The smallest absolute Gasteiger partial charge is 0.0392 e. The highest BCUT2D eigenvalue weighted by atomic mass is 15.1. The van der Waals surface area contributed by atoms with Crippen LogP contribution in [0.4, 0.5) is 5.69 Å². The maximum atomic E-state index is 6.06. The molecule has 0 atom stereocenters. The predicted molar refractivity (Wildman–Crippen MR) is 70.2 cm³/mol. The van der Waals surface area contributed by atoms with Crippen LogP contribution in [-0.2, 0) is 13.0 Å². The van der Waals surface area contributed by atoms with E-state index >= 15 is 0 Å². The molecule has 90 valence electrons. The van der Waals surface area contributed by atoms with Crippen LogP contribution in [0.5, 0.6) is 0 Å². The van der Waals surface area contributed by atoms with E-state index in [0.717, 1.165) is 37.3 Å². The van der Waals surface area contributed by atoms with E-state index in [0.29, 0.717) is 6.54 Å². The number of para-hydroxylation sites is 1. The van der Waals surface area contributed by atoms with Gasteiger partial charge >= 0.3 is 0 Å². The maximum absolute atomic E-state index is 6.06. The number of rotatable bonds is 6. The summed E-state index contributed by atoms with van der Waals surface area (Å²) in [5, 5.41) is 0. The molecule has 16 heavy (non-hydrogen) atoms. The molecule has 0 spiro atoms. The van der Waals surface area contributed by atoms with Gasteiger partial charge in [0.25, 0.3) is 0 Å². The van der Waals surface area contributed by atoms with Crippen LogP contribution >= 0.6 is 0 Å². The van der Waals surface area contributed by atoms with Crippen molar-refractivity contribution in [1.29, 1.82) is 0 Å². The fraction of sp³-hybridized carbons (Fsp3) is 0.538. The minimum absolute atomic E-state index is 0.519. The molecule has 0 heterocycles. The molecule has 0 radical (unpaired) electrons. The molecule has 0 aliphatic rings. The third-order valence-electron chi connectivity index (χ3n) is 3.10. The van der Waals surface area contributed by atoms with Crippen molar-refractivity contribution in [1.82, 2.24) is 4.90 Å². The Balaban J connectivity index is 2.66. The zero-order valence-corrected chi connectivity index (χ0v) is 10.4. The zero-order chi connectivity index (χ0) is 12.0. The Morgan fingerprint density at radius 3 is 2.31 bits per heavy atom. The van der Waals surface area contributed by atoms with Crippen molar-refractivity contribution in [2.24, 2.45) is 5.73 Å². The first kappa shape index (κ1) is 13.0. The SMILES string of the molecule is CCN(CC)CCc1cccc(CN)c1N. The molecule has 0 saturated carbocycles. The van der Waals surface area contributed by atoms with E-state index < -0.39 is 0 Å². The molecule has 0 saturated heterocycles. The Morgan fingerprint density at radius 1 is 1.12 bits per heavy atom. The normalized spacial score (nSPS) is 11.0. The third-order valence-corrected chi connectivity index (χ3v) is 3.10. The highest BCUT2D eigenvalue weighted by Gasteiger charge is 2.05. The highest BCUT2D eigenvalue weighted by Crippen LogP contribution is 2.17. The molecular formula is C13H23N3. The van der Waals surface area contributed by atoms with Gasteiger partial charge in [-0.05, 0) is 30.6 Å². The Morgan fingerprint density at radius 2 is 1.75 bits per heavy atom. The minimum Gasteiger partial charge on any atom is -0.398 e. The Kier molecular flexibility index (Phi) is 5.29. The van der Waals surface area contributed by atoms with Crippen LogP contribution in [0.25, 0.3) is 0 Å². The molecule has 1 aromatic rings. The number of benzene rings is 1. The average molecular weight is 221 g/mol. The first-order valence-corrected chi connectivity index (χ1v) is 6.01. The number of likely N-dealkylation sites (N-methyl/N-ethyl adjacent to an activating group) is 1. The van der Waals surface area contributed by atoms with E-state index in [4.69, 9.17) is 11.5 Å². The second kappa shape index (κ2) is 6.51. The summed E-state index contributed by atoms with van der Waals surface area (Å²) >= 11 is 0. The van der Waals surface area contributed by atoms with Crippen molar-refractivity contribution in [2.75, 3.05) is 25.4 Å². The molecule has 0 amide bonds. The predicted octanol–water partition coefficient (Wildman–Crippen LogP) is 1.61. The summed E-state index contributed by atoms with van der Waals surface area (Å²) in [6.45, 7) is 8.13. The molecule has 1 rings (SSSR count). The molecule has 0 unspecified atom stereocenters. The quantitative estimate of drug-likeness (QED) is 0.718. The first-order valence-electron chi connectivity index (χ1n) is 6.01. The van der Waals surface area contributed by atoms with Crippen molar-refractivity contribution in [3.63, 3.8) is 0 Å². The number of nitrogens with zero attached hydrogens (tertiary/aromatic N) is 1. The number of nitrogens with two attached hydrogens (primary N) is 2. The van der Waals surface area contributed by atoms with Gasteiger partial charge in [0.2, 0.25) is 0 Å². The average Bonchev–Trinajstić information content (AvgIpc) is 2.32. The highest BCUT2D eigenvalue weighted by molar-refractivity contribution is 5.53. The zero-order valence-electron chi connectivity index (χ0n) is 10.4. The lowest BCUT2D eigenvalue weighted by Crippen LogP contribution is -2.25. The van der Waals surface area contributed by atoms with Crippen molar-refractivity contribution in [2.45, 2.75) is 26.8 Å². The van der Waals surface area contributed by atoms with Gasteiger partial charge in [0.05, 0.1) is 0 Å². The van der Waals surface area contributed by atoms with Crippen LogP contribution in [0.3, 0.4) is 0 Å². The molecule has 0 bridgehead atoms. The molecule has 1 aromatic carbocycles. The van der Waals surface area contributed by atoms with E-state index in [1.54, 1.807) is 0 Å². The maximum Gasteiger partial charge on any atom is 0.0392 e. The van der Waals surface area contributed by atoms with Gasteiger partial charge in [0, 0.05) is 18.8 Å². The first-order chi connectivity index (χ1) is 7.72. The summed E-state index contributed by atoms with van der Waals surface area (Å²) in [6, 6.07) is 6.13. The second-order valence-electron chi connectivity index (χ2n) is 3.97. The van der Waals surface area contributed by atoms with Crippen molar-refractivity contribution >= 4 is 5.69 Å². The summed E-state index contributed by atoms with van der Waals surface area (Å²) in [7, 11) is 0. The van der Waals surface area contributed by atoms with Gasteiger partial charge in [-0.1, -0.05) is 32.0 Å². The number of nitrogen functional groups attached to an aromatic ring is 1. The van der Waals surface area contributed by atoms with E-state index in [9.17, 15) is 0 Å². The summed E-state index contributed by atoms with van der Waals surface area (Å²) < 4.78 is 0. The lowest BCUT2D eigenvalue weighted by molar-refractivity contribution is 0.308. The minimum atomic E-state index is 0.519. The molecule has 3 nitrogen and oxygen atoms in total. The standard InChI is InChI=1S/C13H23N3/c1-3-16(4-2)9-8-11-6-5-7-12(10-14)13(11)15/h5-7H,3-4,8-10,14-15H2,1-2H3. The number of hydrogen-bond acceptors (Lipinski definition) is 3. The lowest BCUT2D eigenvalue weighted by atomic mass is 10.0. The molecule has 0 fully saturated rings. The summed E-state index contributed by atoms with van der Waals surface area (Å²) in [5.41, 5.74) is 14.8. The van der Waals surface area contributed by atoms with Crippen molar-refractivity contribution in [3.8, 4) is 0 Å². The van der Waals surface area contributed by atoms with Gasteiger partial charge in [0.1, 0.15) is 0 Å². The molecular weight excluding hydrogens is 198 g/mol. The van der Waals surface area contributed by atoms with E-state index in [2.05, 4.69) is 24.8 Å². The van der Waals surface area contributed by atoms with Gasteiger partial charge in [-0.15, -0.1) is 0 Å². The Labute approximate surface area is 98.4 Å². The fourth-order valence-corrected chi connectivity index (χ4v) is 1.88. The van der Waals surface area contributed by atoms with Gasteiger partial charge in [0.15, 0.2) is 0 Å². The third kappa shape index (κ3) is 3.22. The summed E-state index contributed by atoms with van der Waals surface area (Å²) in [5.74, 6) is 0. The summed E-state index contributed by atoms with van der Waals surface area (Å²) in [6.07, 6.45) is 1.00. The van der Waals surface area contributed by atoms with Gasteiger partial charge in [-0.2, -0.15) is 0 Å². The number of anilines is 1. The van der Waals surface area contributed by atoms with Gasteiger partial charge < -0.3 is 16.4 Å². The van der Waals surface area contributed by atoms with Crippen LogP contribution in [0, 0.1) is 0 Å². The van der Waals surface area contributed by atoms with Gasteiger partial charge in [-0.3, -0.25) is 0 Å². The molecule has 0 aliphatic heterocycles. The second-order valence-corrected chi connectivity index (χ2v) is 3.97. The summed E-state index contributed by atoms with van der Waals surface area (Å²) in [4.78, 5) is 2.40. The van der Waals surface area contributed by atoms with Crippen molar-refractivity contribution in [3.05, 3.63) is 29.3 Å². The van der Waals surface area contributed by atoms with Crippen LogP contribution in [0.15, 0.2) is 18.2 Å². The van der Waals surface area contributed by atoms with E-state index in [1.807, 2.05) is 12.1 Å². The van der Waals surface area contributed by atoms with E-state index in [-0.39, 0.29) is 0 Å². The molecule has 0 aromatic heterocycles. The Bertz CT molecular complexity index is 319. The van der Waals surface area contributed by atoms with Crippen LogP contribution in [-0.4, -0.2) is 24.5 Å². The van der Waals surface area contributed by atoms with Crippen LogP contribution in [0.2, 0.25) is 0 Å². The van der Waals surface area contributed by atoms with Crippen LogP contribution in [0.1, 0.15) is 25.0 Å². The van der Waals surface area contributed by atoms with Crippen LogP contribution < -0.4 is 11.5 Å². The largest absolute Gasteiger partial charge is 0.398 e. The van der Waals surface area contributed by atoms with Crippen molar-refractivity contribution < 1.29 is 0 Å². The fourth-order valence-electron chi connectivity index (χ4n) is 1.88. The molecule has 4 N–H and O–H groups in total. The Hall–Kier alpha value is -1.06. The molecule has 0 aliphatic carbocycles. The lowest BCUT2D eigenvalue weighted by Gasteiger charge is -2.18. The molecule has 3 heteroatoms. The monoisotopic (exact) mass is 221 g/mol. The number of hydrogen-bond donors (Lipinski definition) is 2.